The van der Waals surface area contributed by atoms with Gasteiger partial charge in [0.25, 0.3) is 5.69 Å². The molecule has 0 aliphatic carbocycles. The molecule has 2 aromatic carbocycles. The van der Waals surface area contributed by atoms with Crippen LogP contribution in [-0.4, -0.2) is 17.6 Å². The summed E-state index contributed by atoms with van der Waals surface area (Å²) in [4.78, 5) is 22.4. The van der Waals surface area contributed by atoms with Gasteiger partial charge in [-0.15, -0.1) is 0 Å². The fourth-order valence-corrected chi connectivity index (χ4v) is 2.42. The first kappa shape index (κ1) is 18.2. The number of benzene rings is 2. The number of nitrogens with one attached hydrogen (secondary N) is 1. The van der Waals surface area contributed by atoms with E-state index in [0.29, 0.717) is 5.56 Å². The number of ether oxygens (including phenoxy) is 1. The van der Waals surface area contributed by atoms with Gasteiger partial charge in [-0.3, -0.25) is 10.1 Å². The van der Waals surface area contributed by atoms with Crippen LogP contribution >= 0.6 is 0 Å². The third kappa shape index (κ3) is 5.46. The third-order valence-electron chi connectivity index (χ3n) is 3.57. The number of carbonyl (C=O) groups is 1. The van der Waals surface area contributed by atoms with E-state index in [9.17, 15) is 14.9 Å². The standard InChI is InChI=1S/C19H20N2O4/c1-14-11-15(2)17(18(12-14)21(23)24)9-6-10-20-19(22)25-13-16-7-4-3-5-8-16/h3-9,11-12H,10,13H2,1-2H3,(H,20,22). The van der Waals surface area contributed by atoms with E-state index in [1.165, 1.54) is 6.07 Å². The number of hydrogen-bond acceptors (Lipinski definition) is 4. The topological polar surface area (TPSA) is 81.5 Å². The molecule has 2 rings (SSSR count). The van der Waals surface area contributed by atoms with Gasteiger partial charge in [-0.1, -0.05) is 48.6 Å². The molecule has 0 heterocycles. The molecule has 6 heteroatoms. The second-order valence-electron chi connectivity index (χ2n) is 5.62. The van der Waals surface area contributed by atoms with Crippen LogP contribution in [-0.2, 0) is 11.3 Å². The maximum absolute atomic E-state index is 11.6. The van der Waals surface area contributed by atoms with Gasteiger partial charge in [0, 0.05) is 12.6 Å². The number of nitro groups is 1. The molecule has 6 nitrogen and oxygen atoms in total. The lowest BCUT2D eigenvalue weighted by molar-refractivity contribution is -0.385. The molecule has 0 atom stereocenters. The largest absolute Gasteiger partial charge is 0.445 e. The van der Waals surface area contributed by atoms with Gasteiger partial charge in [-0.2, -0.15) is 0 Å². The van der Waals surface area contributed by atoms with E-state index in [1.807, 2.05) is 50.2 Å². The summed E-state index contributed by atoms with van der Waals surface area (Å²) >= 11 is 0. The van der Waals surface area contributed by atoms with E-state index < -0.39 is 11.0 Å². The van der Waals surface area contributed by atoms with Crippen LogP contribution in [0.3, 0.4) is 0 Å². The lowest BCUT2D eigenvalue weighted by Gasteiger charge is -2.06. The Hall–Kier alpha value is -3.15. The van der Waals surface area contributed by atoms with Crippen molar-refractivity contribution in [1.82, 2.24) is 5.32 Å². The SMILES string of the molecule is Cc1cc(C)c(C=CCNC(=O)OCc2ccccc2)c([N+](=O)[O-])c1. The van der Waals surface area contributed by atoms with Crippen LogP contribution in [0.1, 0.15) is 22.3 Å². The fourth-order valence-electron chi connectivity index (χ4n) is 2.42. The molecular weight excluding hydrogens is 320 g/mol. The van der Waals surface area contributed by atoms with Crippen molar-refractivity contribution in [1.29, 1.82) is 0 Å². The zero-order valence-corrected chi connectivity index (χ0v) is 14.2. The number of alkyl carbamates (subject to hydrolysis) is 1. The third-order valence-corrected chi connectivity index (χ3v) is 3.57. The van der Waals surface area contributed by atoms with Crippen LogP contribution < -0.4 is 5.32 Å². The Kier molecular flexibility index (Phi) is 6.28. The zero-order valence-electron chi connectivity index (χ0n) is 14.2. The van der Waals surface area contributed by atoms with Crippen LogP contribution in [0.15, 0.2) is 48.5 Å². The summed E-state index contributed by atoms with van der Waals surface area (Å²) in [5, 5.41) is 13.8. The molecule has 0 aromatic heterocycles. The summed E-state index contributed by atoms with van der Waals surface area (Å²) in [7, 11) is 0. The predicted molar refractivity (Wildman–Crippen MR) is 96.2 cm³/mol. The Morgan fingerprint density at radius 2 is 1.96 bits per heavy atom. The second kappa shape index (κ2) is 8.63. The average Bonchev–Trinajstić information content (AvgIpc) is 2.58. The van der Waals surface area contributed by atoms with Gasteiger partial charge in [-0.05, 0) is 30.5 Å². The van der Waals surface area contributed by atoms with Crippen LogP contribution in [0.2, 0.25) is 0 Å². The first-order valence-electron chi connectivity index (χ1n) is 7.84. The quantitative estimate of drug-likeness (QED) is 0.632. The molecular formula is C19H20N2O4. The smallest absolute Gasteiger partial charge is 0.407 e. The van der Waals surface area contributed by atoms with Crippen LogP contribution in [0.4, 0.5) is 10.5 Å². The monoisotopic (exact) mass is 340 g/mol. The van der Waals surface area contributed by atoms with Crippen LogP contribution in [0.25, 0.3) is 6.08 Å². The van der Waals surface area contributed by atoms with E-state index in [1.54, 1.807) is 12.2 Å². The highest BCUT2D eigenvalue weighted by Gasteiger charge is 2.14. The van der Waals surface area contributed by atoms with Gasteiger partial charge in [0.2, 0.25) is 0 Å². The Morgan fingerprint density at radius 3 is 2.64 bits per heavy atom. The van der Waals surface area contributed by atoms with Gasteiger partial charge in [0.1, 0.15) is 6.61 Å². The number of amides is 1. The first-order valence-corrected chi connectivity index (χ1v) is 7.84. The van der Waals surface area contributed by atoms with E-state index >= 15 is 0 Å². The number of rotatable bonds is 6. The Labute approximate surface area is 146 Å². The molecule has 25 heavy (non-hydrogen) atoms. The number of nitro benzene ring substituents is 1. The number of nitrogens with zero attached hydrogens (tertiary/aromatic N) is 1. The minimum absolute atomic E-state index is 0.0559. The second-order valence-corrected chi connectivity index (χ2v) is 5.62. The molecule has 0 saturated heterocycles. The fraction of sp³-hybridized carbons (Fsp3) is 0.211. The van der Waals surface area contributed by atoms with Crippen molar-refractivity contribution in [2.45, 2.75) is 20.5 Å². The molecule has 0 aliphatic heterocycles. The Bertz CT molecular complexity index is 786. The molecule has 1 amide bonds. The first-order chi connectivity index (χ1) is 12.0. The predicted octanol–water partition coefficient (Wildman–Crippen LogP) is 4.15. The summed E-state index contributed by atoms with van der Waals surface area (Å²) in [5.74, 6) is 0. The summed E-state index contributed by atoms with van der Waals surface area (Å²) in [6, 6.07) is 12.8. The highest BCUT2D eigenvalue weighted by molar-refractivity contribution is 5.68. The van der Waals surface area contributed by atoms with Crippen molar-refractivity contribution in [3.05, 3.63) is 80.9 Å². The number of carbonyl (C=O) groups excluding carboxylic acids is 1. The maximum atomic E-state index is 11.6. The molecule has 0 unspecified atom stereocenters. The molecule has 0 saturated carbocycles. The van der Waals surface area contributed by atoms with Gasteiger partial charge in [-0.25, -0.2) is 4.79 Å². The van der Waals surface area contributed by atoms with Crippen LogP contribution in [0.5, 0.6) is 0 Å². The molecule has 2 aromatic rings. The van der Waals surface area contributed by atoms with E-state index in [0.717, 1.165) is 16.7 Å². The molecule has 0 fully saturated rings. The molecule has 1 N–H and O–H groups in total. The minimum Gasteiger partial charge on any atom is -0.445 e. The molecule has 0 spiro atoms. The van der Waals surface area contributed by atoms with Crippen LogP contribution in [0, 0.1) is 24.0 Å². The highest BCUT2D eigenvalue weighted by Crippen LogP contribution is 2.25. The Balaban J connectivity index is 1.89. The van der Waals surface area contributed by atoms with Gasteiger partial charge in [0.05, 0.1) is 10.5 Å². The van der Waals surface area contributed by atoms with E-state index in [4.69, 9.17) is 4.74 Å². The summed E-state index contributed by atoms with van der Waals surface area (Å²) in [5.41, 5.74) is 3.15. The summed E-state index contributed by atoms with van der Waals surface area (Å²) in [6.07, 6.45) is 2.77. The molecule has 0 aliphatic rings. The number of hydrogen-bond donors (Lipinski definition) is 1. The van der Waals surface area contributed by atoms with Crippen molar-refractivity contribution in [2.75, 3.05) is 6.54 Å². The van der Waals surface area contributed by atoms with Crippen molar-refractivity contribution in [3.8, 4) is 0 Å². The summed E-state index contributed by atoms with van der Waals surface area (Å²) < 4.78 is 5.09. The van der Waals surface area contributed by atoms with Crippen molar-refractivity contribution >= 4 is 17.9 Å². The van der Waals surface area contributed by atoms with Gasteiger partial charge in [0.15, 0.2) is 0 Å². The number of aryl methyl sites for hydroxylation is 2. The molecule has 0 bridgehead atoms. The van der Waals surface area contributed by atoms with Gasteiger partial charge >= 0.3 is 6.09 Å². The van der Waals surface area contributed by atoms with Crippen molar-refractivity contribution in [2.24, 2.45) is 0 Å². The lowest BCUT2D eigenvalue weighted by Crippen LogP contribution is -2.24. The van der Waals surface area contributed by atoms with Crippen molar-refractivity contribution in [3.63, 3.8) is 0 Å². The van der Waals surface area contributed by atoms with Gasteiger partial charge < -0.3 is 10.1 Å². The average molecular weight is 340 g/mol. The normalized spacial score (nSPS) is 10.6. The summed E-state index contributed by atoms with van der Waals surface area (Å²) in [6.45, 7) is 4.05. The van der Waals surface area contributed by atoms with E-state index in [2.05, 4.69) is 5.32 Å². The van der Waals surface area contributed by atoms with Crippen molar-refractivity contribution < 1.29 is 14.5 Å². The maximum Gasteiger partial charge on any atom is 0.407 e. The lowest BCUT2D eigenvalue weighted by atomic mass is 10.0. The van der Waals surface area contributed by atoms with E-state index in [-0.39, 0.29) is 18.8 Å². The Morgan fingerprint density at radius 1 is 1.24 bits per heavy atom. The minimum atomic E-state index is -0.538. The molecule has 130 valence electrons. The highest BCUT2D eigenvalue weighted by atomic mass is 16.6. The molecule has 0 radical (unpaired) electrons. The zero-order chi connectivity index (χ0) is 18.2.